The maximum absolute atomic E-state index is 12.6. The van der Waals surface area contributed by atoms with Gasteiger partial charge in [0.1, 0.15) is 11.6 Å². The number of nitrogen functional groups attached to an aromatic ring is 1. The number of nitrogens with two attached hydrogens (primary N) is 1. The van der Waals surface area contributed by atoms with Gasteiger partial charge in [-0.25, -0.2) is 15.8 Å². The molecule has 0 radical (unpaired) electrons. The number of hydrogen-bond acceptors (Lipinski definition) is 6. The highest BCUT2D eigenvalue weighted by Crippen LogP contribution is 2.28. The van der Waals surface area contributed by atoms with Crippen molar-refractivity contribution in [3.63, 3.8) is 0 Å². The summed E-state index contributed by atoms with van der Waals surface area (Å²) in [6, 6.07) is 1.68. The summed E-state index contributed by atoms with van der Waals surface area (Å²) >= 11 is 0. The predicted molar refractivity (Wildman–Crippen MR) is 71.1 cm³/mol. The van der Waals surface area contributed by atoms with Gasteiger partial charge in [-0.15, -0.1) is 0 Å². The number of nitrogens with zero attached hydrogens (tertiary/aromatic N) is 3. The zero-order valence-electron chi connectivity index (χ0n) is 11.6. The highest BCUT2D eigenvalue weighted by molar-refractivity contribution is 5.47. The lowest BCUT2D eigenvalue weighted by Gasteiger charge is -2.21. The lowest BCUT2D eigenvalue weighted by atomic mass is 10.3. The Morgan fingerprint density at radius 3 is 2.40 bits per heavy atom. The summed E-state index contributed by atoms with van der Waals surface area (Å²) in [5.74, 6) is 3.87. The van der Waals surface area contributed by atoms with Crippen LogP contribution in [0.5, 0.6) is 0 Å². The molecule has 1 rings (SSSR count). The van der Waals surface area contributed by atoms with Crippen LogP contribution in [0.1, 0.15) is 19.7 Å². The van der Waals surface area contributed by atoms with E-state index in [1.165, 1.54) is 6.07 Å². The molecule has 6 nitrogen and oxygen atoms in total. The summed E-state index contributed by atoms with van der Waals surface area (Å²) < 4.78 is 37.8. The van der Waals surface area contributed by atoms with E-state index in [1.54, 1.807) is 0 Å². The zero-order valence-corrected chi connectivity index (χ0v) is 11.6. The molecule has 0 aliphatic heterocycles. The minimum absolute atomic E-state index is 0.0810. The first kappa shape index (κ1) is 16.4. The molecule has 114 valence electrons. The van der Waals surface area contributed by atoms with Crippen LogP contribution < -0.4 is 16.6 Å². The van der Waals surface area contributed by atoms with Gasteiger partial charge < -0.3 is 15.6 Å². The van der Waals surface area contributed by atoms with Crippen LogP contribution in [0.3, 0.4) is 0 Å². The highest BCUT2D eigenvalue weighted by Gasteiger charge is 2.35. The Morgan fingerprint density at radius 1 is 1.30 bits per heavy atom. The highest BCUT2D eigenvalue weighted by atomic mass is 19.4. The van der Waals surface area contributed by atoms with Gasteiger partial charge in [0.15, 0.2) is 0 Å². The van der Waals surface area contributed by atoms with Gasteiger partial charge in [0.25, 0.3) is 0 Å². The number of rotatable bonds is 6. The van der Waals surface area contributed by atoms with E-state index in [0.717, 1.165) is 0 Å². The van der Waals surface area contributed by atoms with Crippen LogP contribution in [-0.4, -0.2) is 41.0 Å². The number of hydrazine groups is 1. The minimum Gasteiger partial charge on any atom is -0.369 e. The third-order valence-electron chi connectivity index (χ3n) is 2.78. The molecule has 0 fully saturated rings. The van der Waals surface area contributed by atoms with Crippen LogP contribution in [0, 0.1) is 0 Å². The molecule has 0 aliphatic rings. The topological polar surface area (TPSA) is 79.1 Å². The minimum atomic E-state index is -4.61. The number of alkyl halides is 3. The second-order valence-electron chi connectivity index (χ2n) is 4.61. The molecule has 9 heteroatoms. The Morgan fingerprint density at radius 2 is 1.90 bits per heavy atom. The third kappa shape index (κ3) is 4.82. The average molecular weight is 292 g/mol. The first-order valence-electron chi connectivity index (χ1n) is 6.11. The summed E-state index contributed by atoms with van der Waals surface area (Å²) in [6.45, 7) is 5.20. The zero-order chi connectivity index (χ0) is 15.3. The number of likely N-dealkylation sites (N-methyl/N-ethyl adjacent to an activating group) is 1. The Hall–Kier alpha value is -1.61. The molecule has 1 heterocycles. The van der Waals surface area contributed by atoms with Crippen LogP contribution in [-0.2, 0) is 6.18 Å². The number of anilines is 2. The van der Waals surface area contributed by atoms with Gasteiger partial charge in [0.2, 0.25) is 5.82 Å². The fourth-order valence-corrected chi connectivity index (χ4v) is 1.36. The van der Waals surface area contributed by atoms with Crippen molar-refractivity contribution >= 4 is 11.6 Å². The summed E-state index contributed by atoms with van der Waals surface area (Å²) in [7, 11) is 1.93. The summed E-state index contributed by atoms with van der Waals surface area (Å²) in [5, 5.41) is 2.83. The van der Waals surface area contributed by atoms with Crippen molar-refractivity contribution in [2.75, 3.05) is 30.9 Å². The summed E-state index contributed by atoms with van der Waals surface area (Å²) in [5.41, 5.74) is 2.10. The standard InChI is InChI=1S/C11H19F3N6/c1-7(2)20(3)5-4-16-8-6-9(19-15)18-10(17-8)11(12,13)14/h6-7H,4-5,15H2,1-3H3,(H2,16,17,18,19). The molecule has 0 saturated heterocycles. The van der Waals surface area contributed by atoms with Crippen molar-refractivity contribution < 1.29 is 13.2 Å². The fourth-order valence-electron chi connectivity index (χ4n) is 1.36. The lowest BCUT2D eigenvalue weighted by molar-refractivity contribution is -0.144. The second-order valence-corrected chi connectivity index (χ2v) is 4.61. The van der Waals surface area contributed by atoms with Crippen LogP contribution in [0.4, 0.5) is 24.8 Å². The molecule has 1 aromatic rings. The lowest BCUT2D eigenvalue weighted by Crippen LogP contribution is -2.31. The molecule has 4 N–H and O–H groups in total. The van der Waals surface area contributed by atoms with Gasteiger partial charge in [-0.05, 0) is 20.9 Å². The van der Waals surface area contributed by atoms with Crippen molar-refractivity contribution in [1.29, 1.82) is 0 Å². The van der Waals surface area contributed by atoms with E-state index in [1.807, 2.05) is 20.9 Å². The molecule has 0 aliphatic carbocycles. The Bertz CT molecular complexity index is 435. The Labute approximate surface area is 115 Å². The first-order valence-corrected chi connectivity index (χ1v) is 6.11. The summed E-state index contributed by atoms with van der Waals surface area (Å²) in [4.78, 5) is 8.76. The molecule has 0 saturated carbocycles. The van der Waals surface area contributed by atoms with Crippen LogP contribution in [0.15, 0.2) is 6.07 Å². The molecule has 0 atom stereocenters. The van der Waals surface area contributed by atoms with Crippen molar-refractivity contribution in [3.8, 4) is 0 Å². The van der Waals surface area contributed by atoms with E-state index in [2.05, 4.69) is 25.6 Å². The van der Waals surface area contributed by atoms with Crippen LogP contribution >= 0.6 is 0 Å². The Kier molecular flexibility index (Phi) is 5.52. The summed E-state index contributed by atoms with van der Waals surface area (Å²) in [6.07, 6.45) is -4.61. The first-order chi connectivity index (χ1) is 9.24. The number of hydrogen-bond donors (Lipinski definition) is 3. The SMILES string of the molecule is CC(C)N(C)CCNc1cc(NN)nc(C(F)(F)F)n1. The van der Waals surface area contributed by atoms with Gasteiger partial charge in [0.05, 0.1) is 0 Å². The van der Waals surface area contributed by atoms with Gasteiger partial charge >= 0.3 is 6.18 Å². The fraction of sp³-hybridized carbons (Fsp3) is 0.636. The maximum atomic E-state index is 12.6. The van der Waals surface area contributed by atoms with Gasteiger partial charge in [-0.3, -0.25) is 0 Å². The monoisotopic (exact) mass is 292 g/mol. The third-order valence-corrected chi connectivity index (χ3v) is 2.78. The van der Waals surface area contributed by atoms with Gasteiger partial charge in [0, 0.05) is 25.2 Å². The van der Waals surface area contributed by atoms with E-state index in [0.29, 0.717) is 19.1 Å². The molecule has 0 unspecified atom stereocenters. The van der Waals surface area contributed by atoms with E-state index >= 15 is 0 Å². The molecular weight excluding hydrogens is 273 g/mol. The maximum Gasteiger partial charge on any atom is 0.451 e. The normalized spacial score (nSPS) is 12.1. The van der Waals surface area contributed by atoms with Crippen molar-refractivity contribution in [2.45, 2.75) is 26.1 Å². The molecule has 0 amide bonds. The van der Waals surface area contributed by atoms with Gasteiger partial charge in [-0.1, -0.05) is 0 Å². The molecule has 0 aromatic carbocycles. The molecular formula is C11H19F3N6. The van der Waals surface area contributed by atoms with E-state index < -0.39 is 12.0 Å². The largest absolute Gasteiger partial charge is 0.451 e. The van der Waals surface area contributed by atoms with E-state index in [-0.39, 0.29) is 11.6 Å². The number of halogens is 3. The van der Waals surface area contributed by atoms with Crippen molar-refractivity contribution in [2.24, 2.45) is 5.84 Å². The molecule has 0 spiro atoms. The van der Waals surface area contributed by atoms with E-state index in [9.17, 15) is 13.2 Å². The molecule has 20 heavy (non-hydrogen) atoms. The quantitative estimate of drug-likeness (QED) is 0.545. The second kappa shape index (κ2) is 6.71. The smallest absolute Gasteiger partial charge is 0.369 e. The number of nitrogens with one attached hydrogen (secondary N) is 2. The van der Waals surface area contributed by atoms with Crippen molar-refractivity contribution in [3.05, 3.63) is 11.9 Å². The van der Waals surface area contributed by atoms with Gasteiger partial charge in [-0.2, -0.15) is 13.2 Å². The predicted octanol–water partition coefficient (Wildman–Crippen LogP) is 1.53. The van der Waals surface area contributed by atoms with Crippen molar-refractivity contribution in [1.82, 2.24) is 14.9 Å². The number of aromatic nitrogens is 2. The van der Waals surface area contributed by atoms with Crippen LogP contribution in [0.2, 0.25) is 0 Å². The molecule has 1 aromatic heterocycles. The average Bonchev–Trinajstić information content (AvgIpc) is 2.37. The van der Waals surface area contributed by atoms with E-state index in [4.69, 9.17) is 5.84 Å². The van der Waals surface area contributed by atoms with Crippen LogP contribution in [0.25, 0.3) is 0 Å². The Balaban J connectivity index is 2.75. The molecule has 0 bridgehead atoms.